The zero-order valence-corrected chi connectivity index (χ0v) is 28.2. The highest BCUT2D eigenvalue weighted by Crippen LogP contribution is 2.34. The lowest BCUT2D eigenvalue weighted by molar-refractivity contribution is -0.132. The Morgan fingerprint density at radius 2 is 1.70 bits per heavy atom. The van der Waals surface area contributed by atoms with Crippen LogP contribution in [0.4, 0.5) is 19.7 Å². The Morgan fingerprint density at radius 3 is 2.37 bits per heavy atom. The second-order valence-electron chi connectivity index (χ2n) is 11.8. The molecule has 12 heteroatoms. The molecule has 1 fully saturated rings. The molecule has 0 aromatic heterocycles. The topological polar surface area (TPSA) is 105 Å². The minimum absolute atomic E-state index is 0.00280. The molecular weight excluding hydrogens is 721 g/mol. The Kier molecular flexibility index (Phi) is 9.65. The number of phenolic OH excluding ortho intramolecular Hbond substituents is 1. The molecule has 3 aromatic carbocycles. The molecule has 46 heavy (non-hydrogen) atoms. The van der Waals surface area contributed by atoms with E-state index in [1.807, 2.05) is 35.2 Å². The number of likely N-dealkylation sites (tertiary alicyclic amines) is 1. The van der Waals surface area contributed by atoms with E-state index in [-0.39, 0.29) is 42.0 Å². The number of rotatable bonds is 6. The predicted molar refractivity (Wildman–Crippen MR) is 181 cm³/mol. The molecule has 0 saturated carbocycles. The van der Waals surface area contributed by atoms with Crippen molar-refractivity contribution in [2.24, 2.45) is 0 Å². The van der Waals surface area contributed by atoms with Crippen LogP contribution in [0.25, 0.3) is 5.57 Å². The van der Waals surface area contributed by atoms with Crippen LogP contribution in [0.15, 0.2) is 75.7 Å². The maximum atomic E-state index is 13.9. The first-order chi connectivity index (χ1) is 22.2. The van der Waals surface area contributed by atoms with Gasteiger partial charge in [0.1, 0.15) is 17.6 Å². The third-order valence-electron chi connectivity index (χ3n) is 8.90. The number of urea groups is 2. The summed E-state index contributed by atoms with van der Waals surface area (Å²) in [4.78, 5) is 45.6. The number of piperidine rings is 1. The Morgan fingerprint density at radius 1 is 1.00 bits per heavy atom. The molecule has 240 valence electrons. The van der Waals surface area contributed by atoms with Gasteiger partial charge < -0.3 is 30.4 Å². The van der Waals surface area contributed by atoms with Gasteiger partial charge in [0.25, 0.3) is 0 Å². The predicted octanol–water partition coefficient (Wildman–Crippen LogP) is 6.51. The van der Waals surface area contributed by atoms with Crippen molar-refractivity contribution in [2.75, 3.05) is 31.5 Å². The molecule has 3 aliphatic heterocycles. The van der Waals surface area contributed by atoms with Gasteiger partial charge in [-0.1, -0.05) is 36.4 Å². The highest BCUT2D eigenvalue weighted by molar-refractivity contribution is 9.11. The summed E-state index contributed by atoms with van der Waals surface area (Å²) in [5, 5.41) is 16.2. The summed E-state index contributed by atoms with van der Waals surface area (Å²) in [6.07, 6.45) is 4.06. The number of benzene rings is 3. The van der Waals surface area contributed by atoms with Crippen molar-refractivity contribution >= 4 is 61.1 Å². The molecule has 0 spiro atoms. The largest absolute Gasteiger partial charge is 0.506 e. The number of nitrogens with one attached hydrogen (secondary N) is 2. The van der Waals surface area contributed by atoms with Crippen LogP contribution in [-0.2, 0) is 17.8 Å². The highest BCUT2D eigenvalue weighted by Gasteiger charge is 2.34. The van der Waals surface area contributed by atoms with Crippen molar-refractivity contribution in [1.29, 1.82) is 0 Å². The van der Waals surface area contributed by atoms with E-state index in [2.05, 4.69) is 42.5 Å². The standard InChI is InChI=1S/C34H34Br2FN5O4/c35-27-17-21(18-28(36)31(27)43)19-30(32(44)40-13-9-23(10-14-40)22-5-7-25(37)8-6-22)39-33(45)41-15-11-26(12-16-41)42-20-24-3-1-2-4-29(24)38-34(42)46/h1-9,17-18,26,30,43H,10-16,19-20H2,(H,38,46)(H,39,45)/t30-/m1/s1. The smallest absolute Gasteiger partial charge is 0.322 e. The third kappa shape index (κ3) is 7.07. The van der Waals surface area contributed by atoms with Crippen LogP contribution in [0.2, 0.25) is 0 Å². The average molecular weight is 755 g/mol. The van der Waals surface area contributed by atoms with E-state index >= 15 is 0 Å². The van der Waals surface area contributed by atoms with Gasteiger partial charge in [0.2, 0.25) is 5.91 Å². The van der Waals surface area contributed by atoms with E-state index < -0.39 is 6.04 Å². The molecule has 3 aliphatic rings. The maximum Gasteiger partial charge on any atom is 0.322 e. The molecule has 1 saturated heterocycles. The second kappa shape index (κ2) is 13.8. The Hall–Kier alpha value is -3.90. The van der Waals surface area contributed by atoms with Crippen molar-refractivity contribution < 1.29 is 23.9 Å². The van der Waals surface area contributed by atoms with E-state index in [1.165, 1.54) is 12.1 Å². The van der Waals surface area contributed by atoms with Crippen LogP contribution in [0.3, 0.4) is 0 Å². The van der Waals surface area contributed by atoms with Gasteiger partial charge in [-0.25, -0.2) is 14.0 Å². The summed E-state index contributed by atoms with van der Waals surface area (Å²) < 4.78 is 14.4. The molecular formula is C34H34Br2FN5O4. The number of carbonyl (C=O) groups excluding carboxylic acids is 3. The number of para-hydroxylation sites is 1. The lowest BCUT2D eigenvalue weighted by Gasteiger charge is -2.41. The lowest BCUT2D eigenvalue weighted by Crippen LogP contribution is -2.56. The molecule has 1 atom stereocenters. The fourth-order valence-electron chi connectivity index (χ4n) is 6.33. The maximum absolute atomic E-state index is 13.9. The molecule has 9 nitrogen and oxygen atoms in total. The Labute approximate surface area is 283 Å². The minimum Gasteiger partial charge on any atom is -0.506 e. The van der Waals surface area contributed by atoms with Gasteiger partial charge in [-0.3, -0.25) is 4.79 Å². The minimum atomic E-state index is -0.848. The number of hydrogen-bond donors (Lipinski definition) is 3. The highest BCUT2D eigenvalue weighted by atomic mass is 79.9. The van der Waals surface area contributed by atoms with Crippen molar-refractivity contribution in [3.05, 3.63) is 98.2 Å². The zero-order valence-electron chi connectivity index (χ0n) is 25.0. The van der Waals surface area contributed by atoms with E-state index in [9.17, 15) is 23.9 Å². The van der Waals surface area contributed by atoms with Gasteiger partial charge >= 0.3 is 12.1 Å². The lowest BCUT2D eigenvalue weighted by atomic mass is 9.98. The quantitative estimate of drug-likeness (QED) is 0.267. The number of carbonyl (C=O) groups is 3. The molecule has 5 amide bonds. The fourth-order valence-corrected chi connectivity index (χ4v) is 7.61. The van der Waals surface area contributed by atoms with Gasteiger partial charge in [-0.15, -0.1) is 0 Å². The average Bonchev–Trinajstić information content (AvgIpc) is 3.06. The number of phenols is 1. The third-order valence-corrected chi connectivity index (χ3v) is 10.1. The normalized spacial score (nSPS) is 17.6. The Bertz CT molecular complexity index is 1650. The summed E-state index contributed by atoms with van der Waals surface area (Å²) in [6, 6.07) is 16.3. The van der Waals surface area contributed by atoms with Crippen LogP contribution < -0.4 is 10.6 Å². The van der Waals surface area contributed by atoms with E-state index in [4.69, 9.17) is 0 Å². The first kappa shape index (κ1) is 32.1. The van der Waals surface area contributed by atoms with Gasteiger partial charge in [0.15, 0.2) is 0 Å². The number of anilines is 1. The zero-order chi connectivity index (χ0) is 32.4. The summed E-state index contributed by atoms with van der Waals surface area (Å²) in [5.41, 5.74) is 4.62. The van der Waals surface area contributed by atoms with Gasteiger partial charge in [0.05, 0.1) is 8.95 Å². The van der Waals surface area contributed by atoms with Gasteiger partial charge in [-0.05, 0) is 104 Å². The van der Waals surface area contributed by atoms with Crippen LogP contribution in [-0.4, -0.2) is 76.0 Å². The van der Waals surface area contributed by atoms with Crippen molar-refractivity contribution in [2.45, 2.75) is 44.3 Å². The van der Waals surface area contributed by atoms with Gasteiger partial charge in [0, 0.05) is 50.9 Å². The fraction of sp³-hybridized carbons (Fsp3) is 0.324. The van der Waals surface area contributed by atoms with E-state index in [0.29, 0.717) is 60.9 Å². The first-order valence-corrected chi connectivity index (χ1v) is 16.9. The van der Waals surface area contributed by atoms with Crippen LogP contribution in [0.1, 0.15) is 36.0 Å². The van der Waals surface area contributed by atoms with Gasteiger partial charge in [-0.2, -0.15) is 0 Å². The molecule has 0 bridgehead atoms. The summed E-state index contributed by atoms with van der Waals surface area (Å²) in [6.45, 7) is 2.26. The molecule has 3 aromatic rings. The summed E-state index contributed by atoms with van der Waals surface area (Å²) in [5.74, 6) is -0.449. The second-order valence-corrected chi connectivity index (χ2v) is 13.5. The molecule has 6 rings (SSSR count). The molecule has 0 radical (unpaired) electrons. The summed E-state index contributed by atoms with van der Waals surface area (Å²) >= 11 is 6.73. The van der Waals surface area contributed by atoms with E-state index in [1.54, 1.807) is 34.1 Å². The SMILES string of the molecule is O=C(N[C@H](Cc1cc(Br)c(O)c(Br)c1)C(=O)N1CC=C(c2ccc(F)cc2)CC1)N1CCC(N2Cc3ccccc3NC2=O)CC1. The monoisotopic (exact) mass is 753 g/mol. The number of aromatic hydroxyl groups is 1. The molecule has 3 N–H and O–H groups in total. The number of amides is 5. The molecule has 0 unspecified atom stereocenters. The molecule has 0 aliphatic carbocycles. The van der Waals surface area contributed by atoms with Crippen molar-refractivity contribution in [3.63, 3.8) is 0 Å². The van der Waals surface area contributed by atoms with E-state index in [0.717, 1.165) is 28.0 Å². The van der Waals surface area contributed by atoms with Crippen molar-refractivity contribution in [1.82, 2.24) is 20.0 Å². The van der Waals surface area contributed by atoms with Crippen LogP contribution in [0, 0.1) is 5.82 Å². The van der Waals surface area contributed by atoms with Crippen LogP contribution in [0.5, 0.6) is 5.75 Å². The molecule has 3 heterocycles. The number of fused-ring (bicyclic) bond motifs is 1. The number of nitrogens with zero attached hydrogens (tertiary/aromatic N) is 3. The first-order valence-electron chi connectivity index (χ1n) is 15.3. The number of hydrogen-bond acceptors (Lipinski definition) is 4. The number of halogens is 3. The van der Waals surface area contributed by atoms with Crippen molar-refractivity contribution in [3.8, 4) is 5.75 Å². The summed E-state index contributed by atoms with van der Waals surface area (Å²) in [7, 11) is 0. The Balaban J connectivity index is 1.13. The van der Waals surface area contributed by atoms with Crippen LogP contribution >= 0.6 is 31.9 Å².